The second-order valence-corrected chi connectivity index (χ2v) is 8.77. The number of aliphatic imine (C=N–C) groups is 1. The second-order valence-electron chi connectivity index (χ2n) is 7.35. The van der Waals surface area contributed by atoms with Crippen LogP contribution in [0.4, 0.5) is 5.69 Å². The molecule has 0 bridgehead atoms. The van der Waals surface area contributed by atoms with Gasteiger partial charge in [0.15, 0.2) is 16.7 Å². The highest BCUT2D eigenvalue weighted by atomic mass is 35.5. The number of benzene rings is 2. The lowest BCUT2D eigenvalue weighted by atomic mass is 10.1. The van der Waals surface area contributed by atoms with Gasteiger partial charge in [0.1, 0.15) is 5.75 Å². The Morgan fingerprint density at radius 3 is 2.45 bits per heavy atom. The topological polar surface area (TPSA) is 69.6 Å². The summed E-state index contributed by atoms with van der Waals surface area (Å²) >= 11 is 7.75. The number of ether oxygens (including phenoxy) is 4. The van der Waals surface area contributed by atoms with Gasteiger partial charge in [-0.3, -0.25) is 9.69 Å². The van der Waals surface area contributed by atoms with E-state index in [9.17, 15) is 4.79 Å². The number of amides is 1. The minimum atomic E-state index is -0.151. The van der Waals surface area contributed by atoms with Crippen LogP contribution in [0.25, 0.3) is 6.08 Å². The molecule has 0 aliphatic carbocycles. The van der Waals surface area contributed by atoms with Crippen molar-refractivity contribution in [3.63, 3.8) is 0 Å². The van der Waals surface area contributed by atoms with E-state index in [2.05, 4.69) is 4.99 Å². The van der Waals surface area contributed by atoms with Crippen molar-refractivity contribution in [3.8, 4) is 17.2 Å². The number of halogens is 1. The summed E-state index contributed by atoms with van der Waals surface area (Å²) in [5, 5.41) is 0.986. The van der Waals surface area contributed by atoms with Crippen LogP contribution in [-0.4, -0.2) is 56.6 Å². The zero-order valence-electron chi connectivity index (χ0n) is 19.3. The molecule has 0 unspecified atom stereocenters. The molecule has 1 heterocycles. The number of carbonyl (C=O) groups excluding carboxylic acids is 1. The number of hydrogen-bond acceptors (Lipinski definition) is 7. The van der Waals surface area contributed by atoms with Crippen molar-refractivity contribution in [2.45, 2.75) is 20.0 Å². The highest BCUT2D eigenvalue weighted by Gasteiger charge is 2.33. The molecular formula is C24H27ClN2O5S. The third-order valence-electron chi connectivity index (χ3n) is 4.61. The fourth-order valence-electron chi connectivity index (χ4n) is 3.06. The Morgan fingerprint density at radius 1 is 1.12 bits per heavy atom. The molecule has 33 heavy (non-hydrogen) atoms. The van der Waals surface area contributed by atoms with E-state index in [0.29, 0.717) is 39.7 Å². The third-order valence-corrected chi connectivity index (χ3v) is 5.89. The number of amidine groups is 1. The Hall–Kier alpha value is -2.68. The highest BCUT2D eigenvalue weighted by Crippen LogP contribution is 2.40. The van der Waals surface area contributed by atoms with E-state index in [0.717, 1.165) is 17.0 Å². The minimum Gasteiger partial charge on any atom is -0.497 e. The van der Waals surface area contributed by atoms with Crippen LogP contribution in [0.5, 0.6) is 17.2 Å². The summed E-state index contributed by atoms with van der Waals surface area (Å²) in [6, 6.07) is 10.9. The first-order chi connectivity index (χ1) is 15.9. The fraction of sp³-hybridized carbons (Fsp3) is 0.333. The SMILES string of the molecule is COCCN1C(=O)/C(=C/c2cc(Cl)c(OC(C)C)c(OC)c2)SC1=Nc1ccc(OC)cc1. The van der Waals surface area contributed by atoms with Crippen LogP contribution >= 0.6 is 23.4 Å². The van der Waals surface area contributed by atoms with Gasteiger partial charge < -0.3 is 18.9 Å². The lowest BCUT2D eigenvalue weighted by Gasteiger charge is -2.16. The molecule has 1 amide bonds. The number of nitrogens with zero attached hydrogens (tertiary/aromatic N) is 2. The predicted molar refractivity (Wildman–Crippen MR) is 133 cm³/mol. The van der Waals surface area contributed by atoms with Gasteiger partial charge in [-0.2, -0.15) is 0 Å². The molecule has 1 aliphatic rings. The Labute approximate surface area is 203 Å². The Morgan fingerprint density at radius 2 is 1.85 bits per heavy atom. The quantitative estimate of drug-likeness (QED) is 0.439. The van der Waals surface area contributed by atoms with Crippen LogP contribution in [0.2, 0.25) is 5.02 Å². The average Bonchev–Trinajstić information content (AvgIpc) is 3.08. The van der Waals surface area contributed by atoms with Crippen LogP contribution in [0, 0.1) is 0 Å². The molecule has 0 aromatic heterocycles. The molecule has 176 valence electrons. The van der Waals surface area contributed by atoms with E-state index in [1.807, 2.05) is 38.1 Å². The third kappa shape index (κ3) is 6.22. The number of carbonyl (C=O) groups is 1. The molecule has 2 aromatic carbocycles. The van der Waals surface area contributed by atoms with E-state index >= 15 is 0 Å². The van der Waals surface area contributed by atoms with Crippen LogP contribution in [0.3, 0.4) is 0 Å². The molecule has 1 saturated heterocycles. The zero-order chi connectivity index (χ0) is 24.0. The lowest BCUT2D eigenvalue weighted by Crippen LogP contribution is -2.32. The minimum absolute atomic E-state index is 0.0568. The van der Waals surface area contributed by atoms with Gasteiger partial charge in [-0.15, -0.1) is 0 Å². The molecule has 3 rings (SSSR count). The van der Waals surface area contributed by atoms with E-state index in [1.165, 1.54) is 11.8 Å². The van der Waals surface area contributed by atoms with Crippen molar-refractivity contribution < 1.29 is 23.7 Å². The smallest absolute Gasteiger partial charge is 0.266 e. The van der Waals surface area contributed by atoms with Crippen LogP contribution in [0.1, 0.15) is 19.4 Å². The van der Waals surface area contributed by atoms with Gasteiger partial charge in [-0.25, -0.2) is 4.99 Å². The molecule has 1 aliphatic heterocycles. The van der Waals surface area contributed by atoms with Gasteiger partial charge in [-0.1, -0.05) is 11.6 Å². The standard InChI is InChI=1S/C24H27ClN2O5S/c1-15(2)32-22-19(25)12-16(13-20(22)31-5)14-21-23(28)27(10-11-29-3)24(33-21)26-17-6-8-18(30-4)9-7-17/h6-9,12-15H,10-11H2,1-5H3/b21-14-,26-24?. The van der Waals surface area contributed by atoms with E-state index in [1.54, 1.807) is 44.4 Å². The van der Waals surface area contributed by atoms with Gasteiger partial charge in [-0.05, 0) is 73.6 Å². The first kappa shape index (κ1) is 25.0. The summed E-state index contributed by atoms with van der Waals surface area (Å²) in [6.07, 6.45) is 1.72. The van der Waals surface area contributed by atoms with Crippen molar-refractivity contribution >= 4 is 46.2 Å². The van der Waals surface area contributed by atoms with Crippen molar-refractivity contribution in [1.29, 1.82) is 0 Å². The summed E-state index contributed by atoms with van der Waals surface area (Å²) in [5.41, 5.74) is 1.44. The maximum atomic E-state index is 13.2. The van der Waals surface area contributed by atoms with Gasteiger partial charge in [0.05, 0.1) is 49.1 Å². The molecule has 9 heteroatoms. The number of methoxy groups -OCH3 is 3. The monoisotopic (exact) mass is 490 g/mol. The highest BCUT2D eigenvalue weighted by molar-refractivity contribution is 8.18. The second kappa shape index (κ2) is 11.4. The average molecular weight is 491 g/mol. The molecule has 0 saturated carbocycles. The summed E-state index contributed by atoms with van der Waals surface area (Å²) in [7, 11) is 4.76. The van der Waals surface area contributed by atoms with E-state index < -0.39 is 0 Å². The number of hydrogen-bond donors (Lipinski definition) is 0. The van der Waals surface area contributed by atoms with E-state index in [4.69, 9.17) is 30.5 Å². The summed E-state index contributed by atoms with van der Waals surface area (Å²) < 4.78 is 21.6. The normalized spacial score (nSPS) is 16.2. The van der Waals surface area contributed by atoms with Crippen molar-refractivity contribution in [3.05, 3.63) is 51.9 Å². The van der Waals surface area contributed by atoms with Crippen molar-refractivity contribution in [2.75, 3.05) is 34.5 Å². The number of rotatable bonds is 9. The van der Waals surface area contributed by atoms with Crippen LogP contribution in [-0.2, 0) is 9.53 Å². The first-order valence-electron chi connectivity index (χ1n) is 10.3. The number of thioether (sulfide) groups is 1. The Balaban J connectivity index is 1.95. The maximum Gasteiger partial charge on any atom is 0.266 e. The molecule has 2 aromatic rings. The molecular weight excluding hydrogens is 464 g/mol. The van der Waals surface area contributed by atoms with Gasteiger partial charge in [0.2, 0.25) is 0 Å². The van der Waals surface area contributed by atoms with Gasteiger partial charge in [0.25, 0.3) is 5.91 Å². The van der Waals surface area contributed by atoms with Crippen molar-refractivity contribution in [1.82, 2.24) is 4.90 Å². The molecule has 1 fully saturated rings. The summed E-state index contributed by atoms with van der Waals surface area (Å²) in [4.78, 5) is 20.0. The molecule has 0 N–H and O–H groups in total. The lowest BCUT2D eigenvalue weighted by molar-refractivity contribution is -0.122. The summed E-state index contributed by atoms with van der Waals surface area (Å²) in [6.45, 7) is 4.61. The molecule has 0 atom stereocenters. The molecule has 0 spiro atoms. The fourth-order valence-corrected chi connectivity index (χ4v) is 4.35. The van der Waals surface area contributed by atoms with Crippen LogP contribution in [0.15, 0.2) is 46.3 Å². The van der Waals surface area contributed by atoms with Crippen molar-refractivity contribution in [2.24, 2.45) is 4.99 Å². The predicted octanol–water partition coefficient (Wildman–Crippen LogP) is 5.39. The molecule has 0 radical (unpaired) electrons. The van der Waals surface area contributed by atoms with Crippen LogP contribution < -0.4 is 14.2 Å². The Kier molecular flexibility index (Phi) is 8.66. The maximum absolute atomic E-state index is 13.2. The molecule has 7 nitrogen and oxygen atoms in total. The zero-order valence-corrected chi connectivity index (χ0v) is 20.8. The largest absolute Gasteiger partial charge is 0.497 e. The Bertz CT molecular complexity index is 1050. The van der Waals surface area contributed by atoms with Gasteiger partial charge in [0, 0.05) is 7.11 Å². The summed E-state index contributed by atoms with van der Waals surface area (Å²) in [5.74, 6) is 1.57. The first-order valence-corrected chi connectivity index (χ1v) is 11.5. The van der Waals surface area contributed by atoms with E-state index in [-0.39, 0.29) is 12.0 Å². The van der Waals surface area contributed by atoms with Gasteiger partial charge >= 0.3 is 0 Å².